The molecule has 0 bridgehead atoms. The Kier molecular flexibility index (Phi) is 6.71. The van der Waals surface area contributed by atoms with Crippen molar-refractivity contribution >= 4 is 5.97 Å². The molecular formula is C31H50O3. The molecule has 0 saturated heterocycles. The largest absolute Gasteiger partial charge is 0.469 e. The van der Waals surface area contributed by atoms with Gasteiger partial charge in [0.1, 0.15) is 0 Å². The number of aliphatic hydroxyl groups excluding tert-OH is 1. The van der Waals surface area contributed by atoms with Gasteiger partial charge in [-0.2, -0.15) is 0 Å². The van der Waals surface area contributed by atoms with Gasteiger partial charge in [0.25, 0.3) is 0 Å². The Bertz CT molecular complexity index is 881. The topological polar surface area (TPSA) is 46.5 Å². The van der Waals surface area contributed by atoms with Crippen LogP contribution in [0.15, 0.2) is 22.8 Å². The van der Waals surface area contributed by atoms with Gasteiger partial charge in [-0.05, 0) is 126 Å². The normalized spacial score (nSPS) is 47.2. The van der Waals surface area contributed by atoms with E-state index in [1.807, 2.05) is 6.92 Å². The smallest absolute Gasteiger partial charge is 0.314 e. The van der Waals surface area contributed by atoms with Gasteiger partial charge in [0, 0.05) is 0 Å². The first-order valence-electron chi connectivity index (χ1n) is 13.9. The predicted molar refractivity (Wildman–Crippen MR) is 139 cm³/mol. The lowest BCUT2D eigenvalue weighted by Crippen LogP contribution is -2.65. The van der Waals surface area contributed by atoms with Gasteiger partial charge in [0.2, 0.25) is 0 Å². The Morgan fingerprint density at radius 3 is 2.32 bits per heavy atom. The van der Waals surface area contributed by atoms with Gasteiger partial charge in [-0.1, -0.05) is 43.6 Å². The van der Waals surface area contributed by atoms with Crippen molar-refractivity contribution in [2.45, 2.75) is 119 Å². The maximum atomic E-state index is 13.0. The molecule has 0 heterocycles. The third-order valence-corrected chi connectivity index (χ3v) is 12.1. The number of fused-ring (bicyclic) bond motifs is 5. The van der Waals surface area contributed by atoms with E-state index in [1.165, 1.54) is 44.8 Å². The molecule has 4 fully saturated rings. The van der Waals surface area contributed by atoms with Crippen molar-refractivity contribution in [1.82, 2.24) is 0 Å². The number of aliphatic hydroxyl groups is 1. The highest BCUT2D eigenvalue weighted by molar-refractivity contribution is 5.78. The van der Waals surface area contributed by atoms with E-state index in [2.05, 4.69) is 47.6 Å². The highest BCUT2D eigenvalue weighted by Gasteiger charge is 2.69. The fourth-order valence-corrected chi connectivity index (χ4v) is 9.95. The number of ether oxygens (including phenoxy) is 1. The van der Waals surface area contributed by atoms with Crippen molar-refractivity contribution in [3.8, 4) is 0 Å². The molecule has 4 unspecified atom stereocenters. The molecule has 8 atom stereocenters. The number of methoxy groups -OCH3 is 1. The van der Waals surface area contributed by atoms with E-state index in [0.29, 0.717) is 23.7 Å². The van der Waals surface area contributed by atoms with E-state index in [4.69, 9.17) is 4.74 Å². The number of hydrogen-bond acceptors (Lipinski definition) is 3. The fraction of sp³-hybridized carbons (Fsp3) is 0.839. The summed E-state index contributed by atoms with van der Waals surface area (Å²) < 4.78 is 5.29. The molecule has 3 heteroatoms. The monoisotopic (exact) mass is 470 g/mol. The standard InChI is InChI=1S/C31H50O3/c1-20(2)10-9-11-21(3)22-14-18-29(5)23(22)12-13-24-28(4)17-16-26(32)31(7,27(33)34-8)25(28)15-19-30(24,29)6/h10,23-26,32H,9,11-19H2,1-8H3/b22-21-/t23?,24?,25?,26?,28-,29+,30+,31-/m1/s1. The van der Waals surface area contributed by atoms with Crippen molar-refractivity contribution in [1.29, 1.82) is 0 Å². The summed E-state index contributed by atoms with van der Waals surface area (Å²) in [6.45, 7) is 16.5. The molecule has 0 radical (unpaired) electrons. The second-order valence-corrected chi connectivity index (χ2v) is 13.6. The molecule has 0 aliphatic heterocycles. The SMILES string of the molecule is COC(=O)[C@@]1(C)C(O)CC[C@@]2(C)C1CC[C@@]1(C)C2CCC2/C(=C(/C)CCC=C(C)C)CC[C@@]21C. The first-order valence-corrected chi connectivity index (χ1v) is 13.9. The molecule has 34 heavy (non-hydrogen) atoms. The first-order chi connectivity index (χ1) is 15.9. The van der Waals surface area contributed by atoms with Crippen LogP contribution in [-0.2, 0) is 9.53 Å². The van der Waals surface area contributed by atoms with E-state index < -0.39 is 11.5 Å². The molecule has 4 rings (SSSR count). The number of allylic oxidation sites excluding steroid dienone is 4. The summed E-state index contributed by atoms with van der Waals surface area (Å²) in [5, 5.41) is 11.0. The lowest BCUT2D eigenvalue weighted by atomic mass is 9.35. The van der Waals surface area contributed by atoms with Crippen molar-refractivity contribution < 1.29 is 14.6 Å². The molecule has 4 aliphatic rings. The minimum atomic E-state index is -0.789. The Labute approximate surface area is 208 Å². The summed E-state index contributed by atoms with van der Waals surface area (Å²) in [4.78, 5) is 13.0. The average molecular weight is 471 g/mol. The second-order valence-electron chi connectivity index (χ2n) is 13.6. The highest BCUT2D eigenvalue weighted by atomic mass is 16.5. The Morgan fingerprint density at radius 1 is 0.971 bits per heavy atom. The number of rotatable bonds is 4. The molecule has 0 amide bonds. The summed E-state index contributed by atoms with van der Waals surface area (Å²) in [5.41, 5.74) is 4.74. The minimum absolute atomic E-state index is 0.0775. The van der Waals surface area contributed by atoms with E-state index in [0.717, 1.165) is 25.7 Å². The maximum absolute atomic E-state index is 13.0. The van der Waals surface area contributed by atoms with Gasteiger partial charge in [0.05, 0.1) is 18.6 Å². The second kappa shape index (κ2) is 8.79. The van der Waals surface area contributed by atoms with Crippen molar-refractivity contribution in [2.75, 3.05) is 7.11 Å². The van der Waals surface area contributed by atoms with E-state index in [-0.39, 0.29) is 22.7 Å². The molecule has 4 aliphatic carbocycles. The van der Waals surface area contributed by atoms with Crippen molar-refractivity contribution in [3.05, 3.63) is 22.8 Å². The van der Waals surface area contributed by atoms with Crippen LogP contribution < -0.4 is 0 Å². The molecule has 3 nitrogen and oxygen atoms in total. The van der Waals surface area contributed by atoms with Gasteiger partial charge in [-0.3, -0.25) is 4.79 Å². The Hall–Kier alpha value is -1.09. The highest BCUT2D eigenvalue weighted by Crippen LogP contribution is 2.75. The van der Waals surface area contributed by atoms with Crippen LogP contribution in [-0.4, -0.2) is 24.3 Å². The van der Waals surface area contributed by atoms with Crippen LogP contribution in [0.2, 0.25) is 0 Å². The third kappa shape index (κ3) is 3.50. The van der Waals surface area contributed by atoms with Crippen LogP contribution in [0, 0.1) is 39.4 Å². The van der Waals surface area contributed by atoms with E-state index in [1.54, 1.807) is 11.1 Å². The lowest BCUT2D eigenvalue weighted by Gasteiger charge is -2.69. The van der Waals surface area contributed by atoms with Gasteiger partial charge < -0.3 is 9.84 Å². The van der Waals surface area contributed by atoms with Gasteiger partial charge >= 0.3 is 5.97 Å². The van der Waals surface area contributed by atoms with E-state index >= 15 is 0 Å². The first kappa shape index (κ1) is 26.0. The van der Waals surface area contributed by atoms with Gasteiger partial charge in [-0.15, -0.1) is 0 Å². The average Bonchev–Trinajstić information content (AvgIpc) is 3.14. The molecule has 0 spiro atoms. The zero-order valence-corrected chi connectivity index (χ0v) is 23.2. The summed E-state index contributed by atoms with van der Waals surface area (Å²) in [7, 11) is 1.48. The number of carbonyl (C=O) groups excluding carboxylic acids is 1. The van der Waals surface area contributed by atoms with Gasteiger partial charge in [-0.25, -0.2) is 0 Å². The van der Waals surface area contributed by atoms with Crippen LogP contribution in [0.1, 0.15) is 113 Å². The van der Waals surface area contributed by atoms with Crippen molar-refractivity contribution in [2.24, 2.45) is 39.4 Å². The van der Waals surface area contributed by atoms with Crippen LogP contribution in [0.25, 0.3) is 0 Å². The summed E-state index contributed by atoms with van der Waals surface area (Å²) in [5.74, 6) is 1.29. The van der Waals surface area contributed by atoms with Crippen LogP contribution in [0.5, 0.6) is 0 Å². The molecule has 4 saturated carbocycles. The fourth-order valence-electron chi connectivity index (χ4n) is 9.95. The summed E-state index contributed by atoms with van der Waals surface area (Å²) in [6, 6.07) is 0. The Morgan fingerprint density at radius 2 is 1.68 bits per heavy atom. The molecular weight excluding hydrogens is 420 g/mol. The van der Waals surface area contributed by atoms with Crippen LogP contribution >= 0.6 is 0 Å². The summed E-state index contributed by atoms with van der Waals surface area (Å²) >= 11 is 0. The Balaban J connectivity index is 1.67. The number of carbonyl (C=O) groups is 1. The minimum Gasteiger partial charge on any atom is -0.469 e. The van der Waals surface area contributed by atoms with Gasteiger partial charge in [0.15, 0.2) is 0 Å². The van der Waals surface area contributed by atoms with Crippen LogP contribution in [0.3, 0.4) is 0 Å². The molecule has 0 aromatic rings. The number of esters is 1. The third-order valence-electron chi connectivity index (χ3n) is 12.1. The summed E-state index contributed by atoms with van der Waals surface area (Å²) in [6.07, 6.45) is 13.2. The zero-order chi connectivity index (χ0) is 25.1. The molecule has 192 valence electrons. The molecule has 0 aromatic heterocycles. The van der Waals surface area contributed by atoms with Crippen molar-refractivity contribution in [3.63, 3.8) is 0 Å². The predicted octanol–water partition coefficient (Wildman–Crippen LogP) is 7.63. The van der Waals surface area contributed by atoms with Crippen LogP contribution in [0.4, 0.5) is 0 Å². The lowest BCUT2D eigenvalue weighted by molar-refractivity contribution is -0.228. The molecule has 1 N–H and O–H groups in total. The number of hydrogen-bond donors (Lipinski definition) is 1. The molecule has 0 aromatic carbocycles. The quantitative estimate of drug-likeness (QED) is 0.339. The van der Waals surface area contributed by atoms with E-state index in [9.17, 15) is 9.90 Å². The zero-order valence-electron chi connectivity index (χ0n) is 23.2. The maximum Gasteiger partial charge on any atom is 0.314 e.